The van der Waals surface area contributed by atoms with Gasteiger partial charge in [-0.3, -0.25) is 0 Å². The second-order valence-corrected chi connectivity index (χ2v) is 3.59. The molecule has 0 heteroatoms. The monoisotopic (exact) mass is 242 g/mol. The van der Waals surface area contributed by atoms with E-state index in [2.05, 4.69) is 61.5 Å². The van der Waals surface area contributed by atoms with Crippen molar-refractivity contribution in [2.45, 2.75) is 41.0 Å². The van der Waals surface area contributed by atoms with Crippen molar-refractivity contribution in [1.29, 1.82) is 0 Å². The number of rotatable bonds is 2. The summed E-state index contributed by atoms with van der Waals surface area (Å²) in [4.78, 5) is 0. The summed E-state index contributed by atoms with van der Waals surface area (Å²) in [5.41, 5.74) is 4.16. The van der Waals surface area contributed by atoms with Crippen LogP contribution in [0.15, 0.2) is 54.6 Å². The van der Waals surface area contributed by atoms with Crippen LogP contribution in [0.25, 0.3) is 0 Å². The first-order chi connectivity index (χ1) is 8.86. The Hall–Kier alpha value is -1.56. The number of hydrogen-bond donors (Lipinski definition) is 0. The average molecular weight is 242 g/mol. The van der Waals surface area contributed by atoms with Crippen molar-refractivity contribution in [3.63, 3.8) is 0 Å². The maximum absolute atomic E-state index is 2.20. The van der Waals surface area contributed by atoms with Gasteiger partial charge in [0.2, 0.25) is 0 Å². The zero-order valence-corrected chi connectivity index (χ0v) is 12.4. The summed E-state index contributed by atoms with van der Waals surface area (Å²) in [7, 11) is 0. The average Bonchev–Trinajstić information content (AvgIpc) is 2.47. The predicted octanol–water partition coefficient (Wildman–Crippen LogP) is 5.64. The molecule has 2 rings (SSSR count). The van der Waals surface area contributed by atoms with Crippen LogP contribution in [-0.4, -0.2) is 0 Å². The fourth-order valence-corrected chi connectivity index (χ4v) is 1.62. The lowest BCUT2D eigenvalue weighted by molar-refractivity contribution is 1.16. The SMILES string of the molecule is CC.CC.Cc1ccccc1Cc1ccccc1. The van der Waals surface area contributed by atoms with Crippen molar-refractivity contribution in [3.05, 3.63) is 71.3 Å². The van der Waals surface area contributed by atoms with Crippen molar-refractivity contribution in [1.82, 2.24) is 0 Å². The highest BCUT2D eigenvalue weighted by Gasteiger charge is 1.97. The van der Waals surface area contributed by atoms with Gasteiger partial charge in [0.25, 0.3) is 0 Å². The summed E-state index contributed by atoms with van der Waals surface area (Å²) in [6.07, 6.45) is 1.04. The minimum absolute atomic E-state index is 1.04. The van der Waals surface area contributed by atoms with Gasteiger partial charge in [0.05, 0.1) is 0 Å². The van der Waals surface area contributed by atoms with E-state index in [4.69, 9.17) is 0 Å². The van der Waals surface area contributed by atoms with E-state index >= 15 is 0 Å². The van der Waals surface area contributed by atoms with Crippen LogP contribution in [0.1, 0.15) is 44.4 Å². The quantitative estimate of drug-likeness (QED) is 0.639. The standard InChI is InChI=1S/C14H14.2C2H6/c1-12-7-5-6-10-14(12)11-13-8-3-2-4-9-13;2*1-2/h2-10H,11H2,1H3;2*1-2H3. The first-order valence-electron chi connectivity index (χ1n) is 6.95. The largest absolute Gasteiger partial charge is 0.0683 e. The summed E-state index contributed by atoms with van der Waals surface area (Å²) in [6.45, 7) is 10.2. The van der Waals surface area contributed by atoms with Crippen molar-refractivity contribution in [3.8, 4) is 0 Å². The summed E-state index contributed by atoms with van der Waals surface area (Å²) < 4.78 is 0. The zero-order chi connectivity index (χ0) is 13.8. The number of aryl methyl sites for hydroxylation is 1. The molecule has 0 bridgehead atoms. The lowest BCUT2D eigenvalue weighted by atomic mass is 10.0. The Morgan fingerprint density at radius 3 is 1.72 bits per heavy atom. The van der Waals surface area contributed by atoms with Gasteiger partial charge in [-0.2, -0.15) is 0 Å². The highest BCUT2D eigenvalue weighted by Crippen LogP contribution is 2.12. The van der Waals surface area contributed by atoms with Crippen LogP contribution in [0.5, 0.6) is 0 Å². The van der Waals surface area contributed by atoms with Gasteiger partial charge < -0.3 is 0 Å². The molecule has 0 saturated heterocycles. The van der Waals surface area contributed by atoms with Crippen LogP contribution in [0.2, 0.25) is 0 Å². The van der Waals surface area contributed by atoms with Crippen LogP contribution in [-0.2, 0) is 6.42 Å². The molecular formula is C18H26. The molecule has 0 radical (unpaired) electrons. The smallest absolute Gasteiger partial charge is 0.00232 e. The first-order valence-corrected chi connectivity index (χ1v) is 6.95. The molecule has 0 aromatic heterocycles. The molecule has 2 aromatic carbocycles. The van der Waals surface area contributed by atoms with Crippen LogP contribution < -0.4 is 0 Å². The van der Waals surface area contributed by atoms with E-state index in [0.29, 0.717) is 0 Å². The Balaban J connectivity index is 0.000000659. The van der Waals surface area contributed by atoms with Gasteiger partial charge in [-0.15, -0.1) is 0 Å². The van der Waals surface area contributed by atoms with Crippen molar-refractivity contribution >= 4 is 0 Å². The Morgan fingerprint density at radius 2 is 1.17 bits per heavy atom. The van der Waals surface area contributed by atoms with Crippen LogP contribution in [0, 0.1) is 6.92 Å². The molecule has 0 saturated carbocycles. The maximum atomic E-state index is 2.20. The van der Waals surface area contributed by atoms with Crippen LogP contribution >= 0.6 is 0 Å². The Labute approximate surface area is 113 Å². The van der Waals surface area contributed by atoms with E-state index in [1.54, 1.807) is 0 Å². The third kappa shape index (κ3) is 5.67. The fourth-order valence-electron chi connectivity index (χ4n) is 1.62. The number of benzene rings is 2. The van der Waals surface area contributed by atoms with Gasteiger partial charge in [0.15, 0.2) is 0 Å². The molecule has 0 N–H and O–H groups in total. The van der Waals surface area contributed by atoms with Gasteiger partial charge in [-0.05, 0) is 30.0 Å². The highest BCUT2D eigenvalue weighted by molar-refractivity contribution is 5.31. The van der Waals surface area contributed by atoms with E-state index in [0.717, 1.165) is 6.42 Å². The molecule has 0 fully saturated rings. The van der Waals surface area contributed by atoms with Crippen LogP contribution in [0.4, 0.5) is 0 Å². The molecule has 0 aliphatic carbocycles. The van der Waals surface area contributed by atoms with E-state index in [-0.39, 0.29) is 0 Å². The van der Waals surface area contributed by atoms with Crippen molar-refractivity contribution in [2.24, 2.45) is 0 Å². The molecule has 0 aliphatic heterocycles. The molecule has 0 amide bonds. The third-order valence-corrected chi connectivity index (χ3v) is 2.50. The normalized spacial score (nSPS) is 8.50. The molecule has 0 spiro atoms. The van der Waals surface area contributed by atoms with E-state index < -0.39 is 0 Å². The van der Waals surface area contributed by atoms with E-state index in [1.807, 2.05) is 27.7 Å². The van der Waals surface area contributed by atoms with Gasteiger partial charge in [-0.25, -0.2) is 0 Å². The fraction of sp³-hybridized carbons (Fsp3) is 0.333. The topological polar surface area (TPSA) is 0 Å². The van der Waals surface area contributed by atoms with Crippen molar-refractivity contribution in [2.75, 3.05) is 0 Å². The summed E-state index contributed by atoms with van der Waals surface area (Å²) in [5, 5.41) is 0. The summed E-state index contributed by atoms with van der Waals surface area (Å²) in [5.74, 6) is 0. The lowest BCUT2D eigenvalue weighted by Crippen LogP contribution is -1.90. The molecule has 0 heterocycles. The molecule has 0 unspecified atom stereocenters. The van der Waals surface area contributed by atoms with Crippen molar-refractivity contribution < 1.29 is 0 Å². The number of hydrogen-bond acceptors (Lipinski definition) is 0. The van der Waals surface area contributed by atoms with Gasteiger partial charge in [0.1, 0.15) is 0 Å². The maximum Gasteiger partial charge on any atom is -0.00232 e. The highest BCUT2D eigenvalue weighted by atomic mass is 14.0. The summed E-state index contributed by atoms with van der Waals surface area (Å²) >= 11 is 0. The predicted molar refractivity (Wildman–Crippen MR) is 83.1 cm³/mol. The third-order valence-electron chi connectivity index (χ3n) is 2.50. The molecule has 2 aromatic rings. The second-order valence-electron chi connectivity index (χ2n) is 3.59. The van der Waals surface area contributed by atoms with E-state index in [9.17, 15) is 0 Å². The lowest BCUT2D eigenvalue weighted by Gasteiger charge is -2.04. The Kier molecular flexibility index (Phi) is 9.67. The second kappa shape index (κ2) is 10.6. The van der Waals surface area contributed by atoms with Gasteiger partial charge in [0, 0.05) is 0 Å². The van der Waals surface area contributed by atoms with Crippen LogP contribution in [0.3, 0.4) is 0 Å². The Morgan fingerprint density at radius 1 is 0.667 bits per heavy atom. The molecular weight excluding hydrogens is 216 g/mol. The molecule has 0 aliphatic rings. The van der Waals surface area contributed by atoms with Gasteiger partial charge >= 0.3 is 0 Å². The van der Waals surface area contributed by atoms with E-state index in [1.165, 1.54) is 16.7 Å². The Bertz CT molecular complexity index is 401. The molecule has 0 atom stereocenters. The minimum Gasteiger partial charge on any atom is -0.0683 e. The summed E-state index contributed by atoms with van der Waals surface area (Å²) in [6, 6.07) is 19.1. The van der Waals surface area contributed by atoms with Gasteiger partial charge in [-0.1, -0.05) is 82.3 Å². The molecule has 0 nitrogen and oxygen atoms in total. The molecule has 98 valence electrons. The first kappa shape index (κ1) is 16.4. The minimum atomic E-state index is 1.04. The zero-order valence-electron chi connectivity index (χ0n) is 12.4. The molecule has 18 heavy (non-hydrogen) atoms.